The standard InChI is InChI=1S/C19H24O2S/c1-11(2)17-14(6)16(18(22-17)12(3)4)21-19(20)15-9-7-8-13(5)10-15/h7-12H,1-6H3. The third-order valence-corrected chi connectivity index (χ3v) is 5.53. The highest BCUT2D eigenvalue weighted by molar-refractivity contribution is 7.12. The summed E-state index contributed by atoms with van der Waals surface area (Å²) in [6, 6.07) is 7.52. The van der Waals surface area contributed by atoms with E-state index in [1.54, 1.807) is 17.4 Å². The molecule has 0 N–H and O–H groups in total. The van der Waals surface area contributed by atoms with Gasteiger partial charge >= 0.3 is 5.97 Å². The van der Waals surface area contributed by atoms with Gasteiger partial charge < -0.3 is 4.74 Å². The smallest absolute Gasteiger partial charge is 0.343 e. The molecular formula is C19H24O2S. The fourth-order valence-electron chi connectivity index (χ4n) is 2.52. The Morgan fingerprint density at radius 2 is 1.68 bits per heavy atom. The van der Waals surface area contributed by atoms with E-state index in [4.69, 9.17) is 4.74 Å². The van der Waals surface area contributed by atoms with Crippen molar-refractivity contribution < 1.29 is 9.53 Å². The third kappa shape index (κ3) is 3.41. The van der Waals surface area contributed by atoms with Crippen LogP contribution >= 0.6 is 11.3 Å². The van der Waals surface area contributed by atoms with Crippen LogP contribution in [-0.4, -0.2) is 5.97 Å². The molecular weight excluding hydrogens is 292 g/mol. The summed E-state index contributed by atoms with van der Waals surface area (Å²) in [6.07, 6.45) is 0. The van der Waals surface area contributed by atoms with Crippen LogP contribution < -0.4 is 4.74 Å². The molecule has 0 aliphatic heterocycles. The van der Waals surface area contributed by atoms with Gasteiger partial charge in [0, 0.05) is 10.4 Å². The molecule has 0 saturated heterocycles. The molecule has 0 fully saturated rings. The van der Waals surface area contributed by atoms with Gasteiger partial charge in [-0.25, -0.2) is 4.79 Å². The first-order valence-corrected chi connectivity index (χ1v) is 8.55. The second kappa shape index (κ2) is 6.66. The van der Waals surface area contributed by atoms with E-state index < -0.39 is 0 Å². The summed E-state index contributed by atoms with van der Waals surface area (Å²) < 4.78 is 5.78. The number of ether oxygens (including phenoxy) is 1. The van der Waals surface area contributed by atoms with Crippen LogP contribution in [0.1, 0.15) is 70.8 Å². The molecule has 0 saturated carbocycles. The van der Waals surface area contributed by atoms with E-state index in [-0.39, 0.29) is 5.97 Å². The summed E-state index contributed by atoms with van der Waals surface area (Å²) in [7, 11) is 0. The summed E-state index contributed by atoms with van der Waals surface area (Å²) in [5, 5.41) is 0. The molecule has 2 rings (SSSR count). The molecule has 118 valence electrons. The predicted octanol–water partition coefficient (Wildman–Crippen LogP) is 5.83. The van der Waals surface area contributed by atoms with Crippen LogP contribution in [0.3, 0.4) is 0 Å². The molecule has 1 aromatic heterocycles. The van der Waals surface area contributed by atoms with E-state index in [9.17, 15) is 4.79 Å². The van der Waals surface area contributed by atoms with Crippen molar-refractivity contribution in [2.45, 2.75) is 53.4 Å². The summed E-state index contributed by atoms with van der Waals surface area (Å²) in [5.41, 5.74) is 2.76. The molecule has 1 aromatic carbocycles. The lowest BCUT2D eigenvalue weighted by Gasteiger charge is -2.10. The number of benzene rings is 1. The second-order valence-corrected chi connectivity index (χ2v) is 7.44. The largest absolute Gasteiger partial charge is 0.421 e. The Morgan fingerprint density at radius 3 is 2.23 bits per heavy atom. The van der Waals surface area contributed by atoms with E-state index in [0.29, 0.717) is 17.4 Å². The van der Waals surface area contributed by atoms with Gasteiger partial charge in [0.1, 0.15) is 5.75 Å². The van der Waals surface area contributed by atoms with Crippen molar-refractivity contribution in [3.05, 3.63) is 50.7 Å². The van der Waals surface area contributed by atoms with Crippen LogP contribution in [0.2, 0.25) is 0 Å². The highest BCUT2D eigenvalue weighted by Crippen LogP contribution is 2.42. The van der Waals surface area contributed by atoms with Crippen molar-refractivity contribution in [2.24, 2.45) is 0 Å². The van der Waals surface area contributed by atoms with Crippen LogP contribution in [0.5, 0.6) is 5.75 Å². The summed E-state index contributed by atoms with van der Waals surface area (Å²) in [5.74, 6) is 1.27. The van der Waals surface area contributed by atoms with Crippen molar-refractivity contribution in [1.82, 2.24) is 0 Å². The summed E-state index contributed by atoms with van der Waals surface area (Å²) >= 11 is 1.77. The zero-order chi connectivity index (χ0) is 16.4. The van der Waals surface area contributed by atoms with Crippen LogP contribution in [0, 0.1) is 13.8 Å². The Labute approximate surface area is 137 Å². The van der Waals surface area contributed by atoms with Crippen LogP contribution in [0.4, 0.5) is 0 Å². The quantitative estimate of drug-likeness (QED) is 0.663. The zero-order valence-corrected chi connectivity index (χ0v) is 15.0. The van der Waals surface area contributed by atoms with E-state index in [0.717, 1.165) is 21.8 Å². The molecule has 3 heteroatoms. The molecule has 0 aliphatic carbocycles. The van der Waals surface area contributed by atoms with Gasteiger partial charge in [0.15, 0.2) is 0 Å². The average Bonchev–Trinajstić information content (AvgIpc) is 2.76. The summed E-state index contributed by atoms with van der Waals surface area (Å²) in [4.78, 5) is 14.9. The van der Waals surface area contributed by atoms with Gasteiger partial charge in [0.2, 0.25) is 0 Å². The van der Waals surface area contributed by atoms with Gasteiger partial charge in [-0.2, -0.15) is 0 Å². The number of thiophene rings is 1. The molecule has 0 spiro atoms. The molecule has 0 unspecified atom stereocenters. The Balaban J connectivity index is 2.38. The first-order valence-electron chi connectivity index (χ1n) is 7.73. The van der Waals surface area contributed by atoms with Gasteiger partial charge in [-0.1, -0.05) is 45.4 Å². The van der Waals surface area contributed by atoms with Gasteiger partial charge in [0.05, 0.1) is 10.4 Å². The lowest BCUT2D eigenvalue weighted by molar-refractivity contribution is 0.0732. The topological polar surface area (TPSA) is 26.3 Å². The second-order valence-electron chi connectivity index (χ2n) is 6.35. The molecule has 0 aliphatic rings. The van der Waals surface area contributed by atoms with Crippen molar-refractivity contribution >= 4 is 17.3 Å². The summed E-state index contributed by atoms with van der Waals surface area (Å²) in [6.45, 7) is 12.7. The molecule has 2 aromatic rings. The van der Waals surface area contributed by atoms with Crippen molar-refractivity contribution in [1.29, 1.82) is 0 Å². The van der Waals surface area contributed by atoms with Gasteiger partial charge in [-0.15, -0.1) is 11.3 Å². The fraction of sp³-hybridized carbons (Fsp3) is 0.421. The fourth-order valence-corrected chi connectivity index (χ4v) is 3.76. The highest BCUT2D eigenvalue weighted by Gasteiger charge is 2.23. The van der Waals surface area contributed by atoms with Crippen molar-refractivity contribution in [2.75, 3.05) is 0 Å². The maximum absolute atomic E-state index is 12.5. The Kier molecular flexibility index (Phi) is 5.07. The molecule has 2 nitrogen and oxygen atoms in total. The molecule has 1 heterocycles. The Hall–Kier alpha value is -1.61. The molecule has 0 bridgehead atoms. The third-order valence-electron chi connectivity index (χ3n) is 3.65. The molecule has 0 radical (unpaired) electrons. The number of hydrogen-bond acceptors (Lipinski definition) is 3. The van der Waals surface area contributed by atoms with Gasteiger partial charge in [-0.3, -0.25) is 0 Å². The maximum Gasteiger partial charge on any atom is 0.343 e. The Morgan fingerprint density at radius 1 is 1.05 bits per heavy atom. The molecule has 0 atom stereocenters. The normalized spacial score (nSPS) is 11.3. The van der Waals surface area contributed by atoms with Gasteiger partial charge in [0.25, 0.3) is 0 Å². The monoisotopic (exact) mass is 316 g/mol. The number of esters is 1. The lowest BCUT2D eigenvalue weighted by Crippen LogP contribution is -2.10. The minimum atomic E-state index is -0.276. The average molecular weight is 316 g/mol. The number of carbonyl (C=O) groups excluding carboxylic acids is 1. The number of carbonyl (C=O) groups is 1. The van der Waals surface area contributed by atoms with Crippen LogP contribution in [0.15, 0.2) is 24.3 Å². The first kappa shape index (κ1) is 16.8. The number of hydrogen-bond donors (Lipinski definition) is 0. The van der Waals surface area contributed by atoms with Gasteiger partial charge in [-0.05, 0) is 37.8 Å². The van der Waals surface area contributed by atoms with E-state index in [2.05, 4.69) is 34.6 Å². The van der Waals surface area contributed by atoms with E-state index >= 15 is 0 Å². The molecule has 22 heavy (non-hydrogen) atoms. The molecule has 0 amide bonds. The SMILES string of the molecule is Cc1cccc(C(=O)Oc2c(C(C)C)sc(C(C)C)c2C)c1. The number of rotatable bonds is 4. The zero-order valence-electron chi connectivity index (χ0n) is 14.2. The lowest BCUT2D eigenvalue weighted by atomic mass is 10.1. The van der Waals surface area contributed by atoms with Crippen molar-refractivity contribution in [3.8, 4) is 5.75 Å². The predicted molar refractivity (Wildman–Crippen MR) is 93.4 cm³/mol. The number of aryl methyl sites for hydroxylation is 1. The van der Waals surface area contributed by atoms with Crippen LogP contribution in [0.25, 0.3) is 0 Å². The highest BCUT2D eigenvalue weighted by atomic mass is 32.1. The maximum atomic E-state index is 12.5. The first-order chi connectivity index (χ1) is 10.3. The Bertz CT molecular complexity index is 681. The minimum absolute atomic E-state index is 0.276. The minimum Gasteiger partial charge on any atom is -0.421 e. The van der Waals surface area contributed by atoms with E-state index in [1.165, 1.54) is 4.88 Å². The van der Waals surface area contributed by atoms with Crippen molar-refractivity contribution in [3.63, 3.8) is 0 Å². The van der Waals surface area contributed by atoms with E-state index in [1.807, 2.05) is 25.1 Å². The van der Waals surface area contributed by atoms with Crippen LogP contribution in [-0.2, 0) is 0 Å².